The van der Waals surface area contributed by atoms with Crippen molar-refractivity contribution in [1.29, 1.82) is 0 Å². The van der Waals surface area contributed by atoms with Gasteiger partial charge in [0.25, 0.3) is 0 Å². The van der Waals surface area contributed by atoms with E-state index in [0.29, 0.717) is 11.4 Å². The van der Waals surface area contributed by atoms with Crippen molar-refractivity contribution in [2.24, 2.45) is 9.98 Å². The zero-order valence-electron chi connectivity index (χ0n) is 17.8. The van der Waals surface area contributed by atoms with Gasteiger partial charge in [-0.1, -0.05) is 35.7 Å². The third-order valence-corrected chi connectivity index (χ3v) is 5.58. The van der Waals surface area contributed by atoms with Crippen molar-refractivity contribution in [3.05, 3.63) is 71.6 Å². The van der Waals surface area contributed by atoms with Crippen LogP contribution >= 0.6 is 0 Å². The fraction of sp³-hybridized carbons (Fsp3) is 0.280. The van der Waals surface area contributed by atoms with Gasteiger partial charge in [0.05, 0.1) is 23.3 Å². The number of anilines is 1. The molecular weight excluding hydrogens is 386 g/mol. The SMILES string of the molecule is C#Cc1ccc(NC(=O)C=CC2=NC3(CCN(C)CC3)N=C2c2ccc(C)cc2)cn1. The molecule has 3 heterocycles. The van der Waals surface area contributed by atoms with Gasteiger partial charge >= 0.3 is 0 Å². The van der Waals surface area contributed by atoms with Crippen LogP contribution in [-0.2, 0) is 4.79 Å². The molecule has 1 spiro atoms. The average Bonchev–Trinajstić information content (AvgIpc) is 3.14. The van der Waals surface area contributed by atoms with Crippen molar-refractivity contribution < 1.29 is 4.79 Å². The van der Waals surface area contributed by atoms with E-state index in [2.05, 4.69) is 59.4 Å². The van der Waals surface area contributed by atoms with Crippen LogP contribution in [0.25, 0.3) is 0 Å². The Balaban J connectivity index is 1.56. The summed E-state index contributed by atoms with van der Waals surface area (Å²) in [4.78, 5) is 28.9. The second kappa shape index (κ2) is 8.66. The lowest BCUT2D eigenvalue weighted by molar-refractivity contribution is -0.111. The summed E-state index contributed by atoms with van der Waals surface area (Å²) < 4.78 is 0. The predicted octanol–water partition coefficient (Wildman–Crippen LogP) is 3.23. The number of amides is 1. The monoisotopic (exact) mass is 411 g/mol. The highest BCUT2D eigenvalue weighted by atomic mass is 16.1. The van der Waals surface area contributed by atoms with Crippen LogP contribution in [0.15, 0.2) is 64.7 Å². The van der Waals surface area contributed by atoms with E-state index in [4.69, 9.17) is 16.4 Å². The number of aliphatic imine (C=N–C) groups is 2. The molecule has 1 amide bonds. The summed E-state index contributed by atoms with van der Waals surface area (Å²) in [5.41, 5.74) is 4.46. The number of allylic oxidation sites excluding steroid dienone is 1. The molecule has 2 aliphatic heterocycles. The molecular formula is C25H25N5O. The maximum atomic E-state index is 12.5. The Hall–Kier alpha value is -3.56. The van der Waals surface area contributed by atoms with Gasteiger partial charge in [-0.2, -0.15) is 0 Å². The van der Waals surface area contributed by atoms with Gasteiger partial charge in [0.15, 0.2) is 5.66 Å². The van der Waals surface area contributed by atoms with Gasteiger partial charge in [0, 0.05) is 37.6 Å². The number of pyridine rings is 1. The number of hydrogen-bond acceptors (Lipinski definition) is 5. The van der Waals surface area contributed by atoms with Gasteiger partial charge in [-0.05, 0) is 32.2 Å². The third-order valence-electron chi connectivity index (χ3n) is 5.58. The molecule has 1 fully saturated rings. The standard InChI is InChI=1S/C25H25N5O/c1-4-20-9-10-21(17-26-20)27-23(31)12-11-22-24(19-7-5-18(2)6-8-19)29-25(28-22)13-15-30(3)16-14-25/h1,5-12,17H,13-16H2,2-3H3,(H,27,31). The minimum atomic E-state index is -0.433. The molecule has 0 bridgehead atoms. The van der Waals surface area contributed by atoms with Crippen molar-refractivity contribution in [2.75, 3.05) is 25.5 Å². The zero-order valence-corrected chi connectivity index (χ0v) is 17.8. The summed E-state index contributed by atoms with van der Waals surface area (Å²) in [5.74, 6) is 2.20. The Bertz CT molecular complexity index is 1100. The lowest BCUT2D eigenvalue weighted by atomic mass is 9.99. The number of carbonyl (C=O) groups is 1. The summed E-state index contributed by atoms with van der Waals surface area (Å²) in [7, 11) is 2.12. The molecule has 1 N–H and O–H groups in total. The quantitative estimate of drug-likeness (QED) is 0.620. The summed E-state index contributed by atoms with van der Waals surface area (Å²) in [6.07, 6.45) is 11.8. The molecule has 0 saturated carbocycles. The van der Waals surface area contributed by atoms with Crippen LogP contribution in [0, 0.1) is 19.3 Å². The molecule has 2 aliphatic rings. The van der Waals surface area contributed by atoms with Gasteiger partial charge in [0.2, 0.25) is 5.91 Å². The normalized spacial score (nSPS) is 18.0. The Labute approximate surface area is 182 Å². The van der Waals surface area contributed by atoms with Crippen LogP contribution in [0.1, 0.15) is 29.7 Å². The molecule has 2 aromatic rings. The van der Waals surface area contributed by atoms with Crippen molar-refractivity contribution in [3.63, 3.8) is 0 Å². The second-order valence-corrected chi connectivity index (χ2v) is 8.01. The van der Waals surface area contributed by atoms with Gasteiger partial charge in [-0.3, -0.25) is 14.8 Å². The Kier molecular flexibility index (Phi) is 5.79. The van der Waals surface area contributed by atoms with E-state index in [1.807, 2.05) is 0 Å². The summed E-state index contributed by atoms with van der Waals surface area (Å²) in [6.45, 7) is 3.96. The van der Waals surface area contributed by atoms with Gasteiger partial charge < -0.3 is 10.2 Å². The Morgan fingerprint density at radius 3 is 2.55 bits per heavy atom. The zero-order chi connectivity index (χ0) is 21.8. The number of nitrogens with zero attached hydrogens (tertiary/aromatic N) is 4. The number of benzene rings is 1. The highest BCUT2D eigenvalue weighted by Crippen LogP contribution is 2.33. The maximum absolute atomic E-state index is 12.5. The predicted molar refractivity (Wildman–Crippen MR) is 125 cm³/mol. The molecule has 1 aromatic heterocycles. The van der Waals surface area contributed by atoms with E-state index in [0.717, 1.165) is 42.9 Å². The number of terminal acetylenes is 1. The lowest BCUT2D eigenvalue weighted by Gasteiger charge is -2.33. The maximum Gasteiger partial charge on any atom is 0.248 e. The van der Waals surface area contributed by atoms with Crippen molar-refractivity contribution in [1.82, 2.24) is 9.88 Å². The molecule has 0 radical (unpaired) electrons. The summed E-state index contributed by atoms with van der Waals surface area (Å²) in [5, 5.41) is 2.80. The van der Waals surface area contributed by atoms with Crippen LogP contribution in [0.5, 0.6) is 0 Å². The van der Waals surface area contributed by atoms with E-state index in [1.54, 1.807) is 24.4 Å². The number of likely N-dealkylation sites (tertiary alicyclic amines) is 1. The fourth-order valence-corrected chi connectivity index (χ4v) is 3.70. The molecule has 0 aliphatic carbocycles. The molecule has 6 nitrogen and oxygen atoms in total. The largest absolute Gasteiger partial charge is 0.321 e. The van der Waals surface area contributed by atoms with E-state index in [9.17, 15) is 4.79 Å². The highest BCUT2D eigenvalue weighted by Gasteiger charge is 2.38. The molecule has 0 atom stereocenters. The van der Waals surface area contributed by atoms with Crippen molar-refractivity contribution in [3.8, 4) is 12.3 Å². The van der Waals surface area contributed by atoms with Crippen LogP contribution < -0.4 is 5.32 Å². The van der Waals surface area contributed by atoms with Crippen LogP contribution in [0.2, 0.25) is 0 Å². The highest BCUT2D eigenvalue weighted by molar-refractivity contribution is 6.53. The van der Waals surface area contributed by atoms with Crippen molar-refractivity contribution >= 4 is 23.0 Å². The Morgan fingerprint density at radius 1 is 1.16 bits per heavy atom. The second-order valence-electron chi connectivity index (χ2n) is 8.01. The number of aryl methyl sites for hydroxylation is 1. The molecule has 0 unspecified atom stereocenters. The number of rotatable bonds is 4. The van der Waals surface area contributed by atoms with Gasteiger partial charge in [0.1, 0.15) is 5.69 Å². The number of aromatic nitrogens is 1. The third kappa shape index (κ3) is 4.79. The first kappa shape index (κ1) is 20.7. The topological polar surface area (TPSA) is 70.0 Å². The number of piperidine rings is 1. The molecule has 6 heteroatoms. The minimum absolute atomic E-state index is 0.259. The number of carbonyl (C=O) groups excluding carboxylic acids is 1. The Morgan fingerprint density at radius 2 is 1.90 bits per heavy atom. The van der Waals surface area contributed by atoms with Gasteiger partial charge in [-0.15, -0.1) is 6.42 Å². The van der Waals surface area contributed by atoms with Crippen LogP contribution in [0.4, 0.5) is 5.69 Å². The smallest absolute Gasteiger partial charge is 0.248 e. The summed E-state index contributed by atoms with van der Waals surface area (Å²) in [6, 6.07) is 11.7. The fourth-order valence-electron chi connectivity index (χ4n) is 3.70. The van der Waals surface area contributed by atoms with Crippen LogP contribution in [0.3, 0.4) is 0 Å². The van der Waals surface area contributed by atoms with E-state index < -0.39 is 5.66 Å². The minimum Gasteiger partial charge on any atom is -0.321 e. The molecule has 1 aromatic carbocycles. The molecule has 1 saturated heterocycles. The first-order valence-electron chi connectivity index (χ1n) is 10.3. The average molecular weight is 412 g/mol. The first-order chi connectivity index (χ1) is 15.0. The van der Waals surface area contributed by atoms with E-state index in [1.165, 1.54) is 11.6 Å². The first-order valence-corrected chi connectivity index (χ1v) is 10.3. The number of hydrogen-bond donors (Lipinski definition) is 1. The van der Waals surface area contributed by atoms with Crippen LogP contribution in [-0.4, -0.2) is 53.0 Å². The number of nitrogens with one attached hydrogen (secondary N) is 1. The van der Waals surface area contributed by atoms with E-state index >= 15 is 0 Å². The van der Waals surface area contributed by atoms with Gasteiger partial charge in [-0.25, -0.2) is 4.98 Å². The molecule has 31 heavy (non-hydrogen) atoms. The summed E-state index contributed by atoms with van der Waals surface area (Å²) >= 11 is 0. The molecule has 4 rings (SSSR count). The molecule has 156 valence electrons. The van der Waals surface area contributed by atoms with E-state index in [-0.39, 0.29) is 5.91 Å². The van der Waals surface area contributed by atoms with Crippen molar-refractivity contribution in [2.45, 2.75) is 25.4 Å². The lowest BCUT2D eigenvalue weighted by Crippen LogP contribution is -2.39.